The lowest BCUT2D eigenvalue weighted by atomic mass is 10.2. The van der Waals surface area contributed by atoms with E-state index in [0.717, 1.165) is 11.8 Å². The van der Waals surface area contributed by atoms with Gasteiger partial charge in [-0.1, -0.05) is 12.1 Å². The molecule has 1 aromatic rings. The quantitative estimate of drug-likeness (QED) is 0.638. The molecule has 5 heteroatoms. The zero-order chi connectivity index (χ0) is 12.0. The number of aliphatic hydroxyl groups excluding tert-OH is 1. The van der Waals surface area contributed by atoms with Crippen LogP contribution < -0.4 is 0 Å². The SMILES string of the molecule is CCOC(=O)c1ccccc1SC(=O)CO. The Bertz CT molecular complexity index is 389. The van der Waals surface area contributed by atoms with Crippen molar-refractivity contribution in [2.24, 2.45) is 0 Å². The van der Waals surface area contributed by atoms with Crippen LogP contribution in [0, 0.1) is 0 Å². The number of benzene rings is 1. The van der Waals surface area contributed by atoms with Crippen molar-refractivity contribution in [3.63, 3.8) is 0 Å². The first-order valence-corrected chi connectivity index (χ1v) is 5.58. The molecule has 0 spiro atoms. The van der Waals surface area contributed by atoms with Crippen LogP contribution in [-0.2, 0) is 9.53 Å². The third-order valence-electron chi connectivity index (χ3n) is 1.74. The fourth-order valence-electron chi connectivity index (χ4n) is 1.09. The second-order valence-electron chi connectivity index (χ2n) is 2.85. The van der Waals surface area contributed by atoms with Gasteiger partial charge in [-0.15, -0.1) is 0 Å². The fraction of sp³-hybridized carbons (Fsp3) is 0.273. The molecule has 0 radical (unpaired) electrons. The van der Waals surface area contributed by atoms with Crippen LogP contribution in [0.3, 0.4) is 0 Å². The Morgan fingerprint density at radius 1 is 1.38 bits per heavy atom. The molecular weight excluding hydrogens is 228 g/mol. The molecule has 0 atom stereocenters. The molecule has 1 rings (SSSR count). The molecule has 0 unspecified atom stereocenters. The Kier molecular flexibility index (Phi) is 5.01. The second kappa shape index (κ2) is 6.30. The first-order chi connectivity index (χ1) is 7.69. The van der Waals surface area contributed by atoms with Gasteiger partial charge in [0.1, 0.15) is 6.61 Å². The molecule has 86 valence electrons. The van der Waals surface area contributed by atoms with E-state index in [9.17, 15) is 9.59 Å². The van der Waals surface area contributed by atoms with Gasteiger partial charge >= 0.3 is 5.97 Å². The molecule has 1 aromatic carbocycles. The van der Waals surface area contributed by atoms with Crippen molar-refractivity contribution in [3.05, 3.63) is 29.8 Å². The van der Waals surface area contributed by atoms with Gasteiger partial charge in [0.25, 0.3) is 0 Å². The number of carbonyl (C=O) groups excluding carboxylic acids is 2. The fourth-order valence-corrected chi connectivity index (χ4v) is 1.81. The average molecular weight is 240 g/mol. The summed E-state index contributed by atoms with van der Waals surface area (Å²) in [5.41, 5.74) is 0.344. The Hall–Kier alpha value is -1.33. The van der Waals surface area contributed by atoms with Gasteiger partial charge in [-0.2, -0.15) is 0 Å². The molecular formula is C11H12O4S. The minimum atomic E-state index is -0.554. The van der Waals surface area contributed by atoms with Crippen molar-refractivity contribution in [2.75, 3.05) is 13.2 Å². The smallest absolute Gasteiger partial charge is 0.339 e. The Labute approximate surface area is 97.6 Å². The van der Waals surface area contributed by atoms with E-state index in [1.807, 2.05) is 0 Å². The van der Waals surface area contributed by atoms with Crippen LogP contribution in [0.1, 0.15) is 17.3 Å². The summed E-state index contributed by atoms with van der Waals surface area (Å²) in [4.78, 5) is 23.1. The van der Waals surface area contributed by atoms with E-state index in [0.29, 0.717) is 10.5 Å². The van der Waals surface area contributed by atoms with E-state index in [1.165, 1.54) is 0 Å². The number of esters is 1. The predicted octanol–water partition coefficient (Wildman–Crippen LogP) is 1.47. The number of aliphatic hydroxyl groups is 1. The molecule has 4 nitrogen and oxygen atoms in total. The topological polar surface area (TPSA) is 63.6 Å². The summed E-state index contributed by atoms with van der Waals surface area (Å²) in [6.07, 6.45) is 0. The summed E-state index contributed by atoms with van der Waals surface area (Å²) in [5, 5.41) is 8.24. The third kappa shape index (κ3) is 3.36. The van der Waals surface area contributed by atoms with Crippen LogP contribution >= 0.6 is 11.8 Å². The number of thioether (sulfide) groups is 1. The normalized spacial score (nSPS) is 9.88. The standard InChI is InChI=1S/C11H12O4S/c1-2-15-11(14)8-5-3-4-6-9(8)16-10(13)7-12/h3-6,12H,2,7H2,1H3. The largest absolute Gasteiger partial charge is 0.462 e. The number of carbonyl (C=O) groups is 2. The zero-order valence-electron chi connectivity index (χ0n) is 8.80. The number of ether oxygens (including phenoxy) is 1. The Balaban J connectivity index is 2.91. The summed E-state index contributed by atoms with van der Waals surface area (Å²) in [5.74, 6) is -0.462. The molecule has 0 saturated carbocycles. The minimum Gasteiger partial charge on any atom is -0.462 e. The first kappa shape index (κ1) is 12.7. The highest BCUT2D eigenvalue weighted by molar-refractivity contribution is 8.13. The van der Waals surface area contributed by atoms with Crippen LogP contribution in [0.15, 0.2) is 29.2 Å². The molecule has 0 aliphatic carbocycles. The van der Waals surface area contributed by atoms with Gasteiger partial charge < -0.3 is 9.84 Å². The van der Waals surface area contributed by atoms with Crippen molar-refractivity contribution in [2.45, 2.75) is 11.8 Å². The molecule has 1 N–H and O–H groups in total. The van der Waals surface area contributed by atoms with E-state index in [2.05, 4.69) is 0 Å². The highest BCUT2D eigenvalue weighted by Gasteiger charge is 2.14. The van der Waals surface area contributed by atoms with E-state index < -0.39 is 17.7 Å². The lowest BCUT2D eigenvalue weighted by molar-refractivity contribution is -0.113. The molecule has 0 aliphatic heterocycles. The van der Waals surface area contributed by atoms with Crippen LogP contribution in [0.5, 0.6) is 0 Å². The summed E-state index contributed by atoms with van der Waals surface area (Å²) in [6, 6.07) is 6.64. The lowest BCUT2D eigenvalue weighted by Gasteiger charge is -2.06. The minimum absolute atomic E-state index is 0.284. The van der Waals surface area contributed by atoms with Crippen molar-refractivity contribution in [3.8, 4) is 0 Å². The molecule has 0 fully saturated rings. The van der Waals surface area contributed by atoms with Gasteiger partial charge in [0.2, 0.25) is 5.12 Å². The summed E-state index contributed by atoms with van der Waals surface area (Å²) in [7, 11) is 0. The molecule has 0 aliphatic rings. The first-order valence-electron chi connectivity index (χ1n) is 4.76. The number of hydrogen-bond donors (Lipinski definition) is 1. The Morgan fingerprint density at radius 2 is 2.06 bits per heavy atom. The highest BCUT2D eigenvalue weighted by atomic mass is 32.2. The van der Waals surface area contributed by atoms with E-state index in [1.54, 1.807) is 31.2 Å². The zero-order valence-corrected chi connectivity index (χ0v) is 9.62. The molecule has 16 heavy (non-hydrogen) atoms. The van der Waals surface area contributed by atoms with Crippen LogP contribution in [-0.4, -0.2) is 29.4 Å². The third-order valence-corrected chi connectivity index (χ3v) is 2.67. The molecule has 0 bridgehead atoms. The van der Waals surface area contributed by atoms with Gasteiger partial charge in [0.05, 0.1) is 12.2 Å². The van der Waals surface area contributed by atoms with Crippen molar-refractivity contribution in [1.29, 1.82) is 0 Å². The maximum Gasteiger partial charge on any atom is 0.339 e. The van der Waals surface area contributed by atoms with Crippen molar-refractivity contribution >= 4 is 22.8 Å². The van der Waals surface area contributed by atoms with Gasteiger partial charge in [0, 0.05) is 4.90 Å². The maximum absolute atomic E-state index is 11.5. The van der Waals surface area contributed by atoms with Gasteiger partial charge in [-0.25, -0.2) is 4.79 Å². The number of rotatable bonds is 4. The molecule has 0 saturated heterocycles. The second-order valence-corrected chi connectivity index (χ2v) is 3.95. The maximum atomic E-state index is 11.5. The van der Waals surface area contributed by atoms with Crippen molar-refractivity contribution in [1.82, 2.24) is 0 Å². The highest BCUT2D eigenvalue weighted by Crippen LogP contribution is 2.23. The van der Waals surface area contributed by atoms with Gasteiger partial charge in [-0.3, -0.25) is 4.79 Å². The van der Waals surface area contributed by atoms with Crippen LogP contribution in [0.25, 0.3) is 0 Å². The van der Waals surface area contributed by atoms with E-state index >= 15 is 0 Å². The number of hydrogen-bond acceptors (Lipinski definition) is 5. The van der Waals surface area contributed by atoms with Crippen molar-refractivity contribution < 1.29 is 19.4 Å². The van der Waals surface area contributed by atoms with Gasteiger partial charge in [0.15, 0.2) is 0 Å². The Morgan fingerprint density at radius 3 is 2.69 bits per heavy atom. The summed E-state index contributed by atoms with van der Waals surface area (Å²) < 4.78 is 4.86. The summed E-state index contributed by atoms with van der Waals surface area (Å²) in [6.45, 7) is 1.44. The van der Waals surface area contributed by atoms with Gasteiger partial charge in [-0.05, 0) is 30.8 Å². The predicted molar refractivity (Wildman–Crippen MR) is 60.3 cm³/mol. The summed E-state index contributed by atoms with van der Waals surface area (Å²) >= 11 is 0.835. The molecule has 0 aromatic heterocycles. The van der Waals surface area contributed by atoms with E-state index in [4.69, 9.17) is 9.84 Å². The lowest BCUT2D eigenvalue weighted by Crippen LogP contribution is -2.07. The van der Waals surface area contributed by atoms with Crippen LogP contribution in [0.2, 0.25) is 0 Å². The molecule has 0 heterocycles. The molecule has 0 amide bonds. The monoisotopic (exact) mass is 240 g/mol. The average Bonchev–Trinajstić information content (AvgIpc) is 2.30. The van der Waals surface area contributed by atoms with E-state index in [-0.39, 0.29) is 6.61 Å². The van der Waals surface area contributed by atoms with Crippen LogP contribution in [0.4, 0.5) is 0 Å².